The third-order valence-electron chi connectivity index (χ3n) is 7.15. The molecule has 4 rings (SSSR count). The number of ether oxygens (including phenoxy) is 1. The number of likely N-dealkylation sites (tertiary alicyclic amines) is 1. The van der Waals surface area contributed by atoms with Gasteiger partial charge in [-0.2, -0.15) is 0 Å². The zero-order valence-electron chi connectivity index (χ0n) is 21.1. The molecule has 2 aliphatic rings. The van der Waals surface area contributed by atoms with Gasteiger partial charge in [0.05, 0.1) is 18.7 Å². The van der Waals surface area contributed by atoms with Gasteiger partial charge >= 0.3 is 5.97 Å². The van der Waals surface area contributed by atoms with Gasteiger partial charge in [-0.05, 0) is 68.0 Å². The number of nitrogens with zero attached hydrogens (tertiary/aromatic N) is 2. The van der Waals surface area contributed by atoms with E-state index in [9.17, 15) is 18.8 Å². The highest BCUT2D eigenvalue weighted by Crippen LogP contribution is 2.38. The van der Waals surface area contributed by atoms with Crippen molar-refractivity contribution < 1.29 is 23.5 Å². The molecule has 0 aromatic heterocycles. The molecule has 2 aromatic carbocycles. The summed E-state index contributed by atoms with van der Waals surface area (Å²) in [5.74, 6) is -1.06. The monoisotopic (exact) mass is 492 g/mol. The molecule has 1 saturated heterocycles. The molecule has 1 atom stereocenters. The summed E-state index contributed by atoms with van der Waals surface area (Å²) in [6.45, 7) is 7.57. The van der Waals surface area contributed by atoms with E-state index in [2.05, 4.69) is 6.92 Å². The van der Waals surface area contributed by atoms with Gasteiger partial charge in [0.2, 0.25) is 5.91 Å². The second-order valence-corrected chi connectivity index (χ2v) is 9.69. The van der Waals surface area contributed by atoms with Gasteiger partial charge in [-0.1, -0.05) is 31.2 Å². The van der Waals surface area contributed by atoms with Crippen molar-refractivity contribution in [2.75, 3.05) is 19.7 Å². The molecule has 2 aromatic rings. The summed E-state index contributed by atoms with van der Waals surface area (Å²) in [7, 11) is 0. The van der Waals surface area contributed by atoms with Crippen LogP contribution in [-0.2, 0) is 20.9 Å². The highest BCUT2D eigenvalue weighted by molar-refractivity contribution is 5.96. The summed E-state index contributed by atoms with van der Waals surface area (Å²) >= 11 is 0. The Morgan fingerprint density at radius 2 is 1.81 bits per heavy atom. The van der Waals surface area contributed by atoms with Gasteiger partial charge in [0.1, 0.15) is 5.82 Å². The molecule has 2 amide bonds. The first-order valence-corrected chi connectivity index (χ1v) is 12.6. The molecule has 2 heterocycles. The molecule has 7 heteroatoms. The highest BCUT2D eigenvalue weighted by Gasteiger charge is 2.37. The van der Waals surface area contributed by atoms with Crippen molar-refractivity contribution in [2.24, 2.45) is 5.92 Å². The zero-order chi connectivity index (χ0) is 25.8. The number of allylic oxidation sites excluding steroid dienone is 1. The average molecular weight is 493 g/mol. The van der Waals surface area contributed by atoms with Crippen molar-refractivity contribution in [3.8, 4) is 0 Å². The Morgan fingerprint density at radius 3 is 2.50 bits per heavy atom. The van der Waals surface area contributed by atoms with E-state index < -0.39 is 17.7 Å². The third kappa shape index (κ3) is 5.50. The number of esters is 1. The van der Waals surface area contributed by atoms with Crippen LogP contribution in [-0.4, -0.2) is 47.3 Å². The lowest BCUT2D eigenvalue weighted by Crippen LogP contribution is -2.38. The van der Waals surface area contributed by atoms with E-state index in [0.29, 0.717) is 28.3 Å². The summed E-state index contributed by atoms with van der Waals surface area (Å²) in [6, 6.07) is 13.3. The van der Waals surface area contributed by atoms with Gasteiger partial charge in [0.25, 0.3) is 5.91 Å². The van der Waals surface area contributed by atoms with Crippen molar-refractivity contribution in [3.05, 3.63) is 82.3 Å². The highest BCUT2D eigenvalue weighted by atomic mass is 19.1. The lowest BCUT2D eigenvalue weighted by molar-refractivity contribution is -0.140. The molecule has 1 fully saturated rings. The van der Waals surface area contributed by atoms with E-state index >= 15 is 0 Å². The Morgan fingerprint density at radius 1 is 1.08 bits per heavy atom. The number of benzene rings is 2. The number of carbonyl (C=O) groups excluding carboxylic acids is 3. The van der Waals surface area contributed by atoms with Crippen molar-refractivity contribution in [2.45, 2.75) is 52.5 Å². The molecule has 0 saturated carbocycles. The van der Waals surface area contributed by atoms with Gasteiger partial charge in [0.15, 0.2) is 0 Å². The van der Waals surface area contributed by atoms with Gasteiger partial charge in [-0.15, -0.1) is 0 Å². The number of carbonyl (C=O) groups is 3. The van der Waals surface area contributed by atoms with E-state index in [0.717, 1.165) is 31.5 Å². The molecule has 0 radical (unpaired) electrons. The average Bonchev–Trinajstić information content (AvgIpc) is 2.86. The molecule has 2 aliphatic heterocycles. The first-order valence-electron chi connectivity index (χ1n) is 12.6. The fourth-order valence-electron chi connectivity index (χ4n) is 5.06. The Kier molecular flexibility index (Phi) is 7.87. The number of hydrogen-bond acceptors (Lipinski definition) is 4. The van der Waals surface area contributed by atoms with Gasteiger partial charge < -0.3 is 14.5 Å². The van der Waals surface area contributed by atoms with Crippen LogP contribution in [0.4, 0.5) is 4.39 Å². The Hall–Kier alpha value is -3.48. The van der Waals surface area contributed by atoms with Crippen LogP contribution in [0.5, 0.6) is 0 Å². The second kappa shape index (κ2) is 11.1. The summed E-state index contributed by atoms with van der Waals surface area (Å²) in [6.07, 6.45) is 2.03. The largest absolute Gasteiger partial charge is 0.463 e. The van der Waals surface area contributed by atoms with E-state index in [1.807, 2.05) is 23.1 Å². The minimum absolute atomic E-state index is 0.000587. The SMILES string of the molecule is CCOC(=O)C1=C(C)N(Cc2cccc(C(=O)N3CCC(C)CC3)c2)C(=O)CC1c1cccc(F)c1. The fourth-order valence-corrected chi connectivity index (χ4v) is 5.06. The first-order chi connectivity index (χ1) is 17.3. The van der Waals surface area contributed by atoms with E-state index in [1.54, 1.807) is 36.9 Å². The van der Waals surface area contributed by atoms with Crippen LogP contribution in [0.2, 0.25) is 0 Å². The molecule has 0 aliphatic carbocycles. The summed E-state index contributed by atoms with van der Waals surface area (Å²) < 4.78 is 19.3. The Labute approximate surface area is 211 Å². The first kappa shape index (κ1) is 25.6. The standard InChI is InChI=1S/C29H33FN2O4/c1-4-36-29(35)27-20(3)32(26(33)17-25(27)22-8-6-10-24(30)16-22)18-21-7-5-9-23(15-21)28(34)31-13-11-19(2)12-14-31/h5-10,15-16,19,25H,4,11-14,17-18H2,1-3H3. The Bertz CT molecular complexity index is 1180. The predicted molar refractivity (Wildman–Crippen MR) is 134 cm³/mol. The van der Waals surface area contributed by atoms with Gasteiger partial charge in [-0.25, -0.2) is 9.18 Å². The van der Waals surface area contributed by atoms with E-state index in [4.69, 9.17) is 4.74 Å². The number of amides is 2. The molecule has 1 unspecified atom stereocenters. The van der Waals surface area contributed by atoms with Crippen molar-refractivity contribution in [3.63, 3.8) is 0 Å². The maximum Gasteiger partial charge on any atom is 0.336 e. The minimum Gasteiger partial charge on any atom is -0.463 e. The number of halogens is 1. The third-order valence-corrected chi connectivity index (χ3v) is 7.15. The molecule has 36 heavy (non-hydrogen) atoms. The fraction of sp³-hybridized carbons (Fsp3) is 0.414. The molecule has 0 N–H and O–H groups in total. The predicted octanol–water partition coefficient (Wildman–Crippen LogP) is 5.05. The summed E-state index contributed by atoms with van der Waals surface area (Å²) in [4.78, 5) is 42.7. The number of hydrogen-bond donors (Lipinski definition) is 0. The molecular formula is C29H33FN2O4. The topological polar surface area (TPSA) is 66.9 Å². The van der Waals surface area contributed by atoms with Crippen LogP contribution in [0.3, 0.4) is 0 Å². The van der Waals surface area contributed by atoms with Crippen LogP contribution in [0.1, 0.15) is 67.4 Å². The van der Waals surface area contributed by atoms with Crippen molar-refractivity contribution in [1.29, 1.82) is 0 Å². The molecule has 0 bridgehead atoms. The second-order valence-electron chi connectivity index (χ2n) is 9.69. The molecule has 6 nitrogen and oxygen atoms in total. The summed E-state index contributed by atoms with van der Waals surface area (Å²) in [5, 5.41) is 0. The smallest absolute Gasteiger partial charge is 0.336 e. The number of rotatable bonds is 6. The van der Waals surface area contributed by atoms with E-state index in [1.165, 1.54) is 12.1 Å². The lowest BCUT2D eigenvalue weighted by Gasteiger charge is -2.34. The Balaban J connectivity index is 1.62. The molecular weight excluding hydrogens is 459 g/mol. The van der Waals surface area contributed by atoms with Crippen LogP contribution in [0.25, 0.3) is 0 Å². The van der Waals surface area contributed by atoms with Gasteiger partial charge in [0, 0.05) is 36.7 Å². The van der Waals surface area contributed by atoms with Crippen molar-refractivity contribution in [1.82, 2.24) is 9.80 Å². The number of piperidine rings is 1. The van der Waals surface area contributed by atoms with E-state index in [-0.39, 0.29) is 31.4 Å². The zero-order valence-corrected chi connectivity index (χ0v) is 21.1. The normalized spacial score (nSPS) is 19.0. The van der Waals surface area contributed by atoms with Gasteiger partial charge in [-0.3, -0.25) is 9.59 Å². The van der Waals surface area contributed by atoms with Crippen LogP contribution < -0.4 is 0 Å². The molecule has 0 spiro atoms. The molecule has 190 valence electrons. The van der Waals surface area contributed by atoms with Crippen LogP contribution in [0, 0.1) is 11.7 Å². The minimum atomic E-state index is -0.585. The maximum atomic E-state index is 14.0. The van der Waals surface area contributed by atoms with Crippen LogP contribution in [0.15, 0.2) is 59.8 Å². The maximum absolute atomic E-state index is 14.0. The quantitative estimate of drug-likeness (QED) is 0.529. The summed E-state index contributed by atoms with van der Waals surface area (Å²) in [5.41, 5.74) is 2.80. The van der Waals surface area contributed by atoms with Crippen LogP contribution >= 0.6 is 0 Å². The van der Waals surface area contributed by atoms with Crippen molar-refractivity contribution >= 4 is 17.8 Å². The lowest BCUT2D eigenvalue weighted by atomic mass is 9.83.